The minimum Gasteiger partial charge on any atom is -0.357 e. The molecule has 29 heavy (non-hydrogen) atoms. The van der Waals surface area contributed by atoms with E-state index in [1.54, 1.807) is 42.1 Å². The van der Waals surface area contributed by atoms with Gasteiger partial charge in [0.05, 0.1) is 11.4 Å². The molecule has 158 valence electrons. The average Bonchev–Trinajstić information content (AvgIpc) is 2.73. The normalized spacial score (nSPS) is 12.0. The largest absolute Gasteiger partial charge is 0.357 e. The van der Waals surface area contributed by atoms with Crippen LogP contribution in [-0.4, -0.2) is 40.3 Å². The van der Waals surface area contributed by atoms with Crippen LogP contribution >= 0.6 is 11.8 Å². The van der Waals surface area contributed by atoms with Crippen molar-refractivity contribution in [3.8, 4) is 0 Å². The lowest BCUT2D eigenvalue weighted by Gasteiger charge is -2.11. The van der Waals surface area contributed by atoms with Crippen LogP contribution in [0.25, 0.3) is 0 Å². The predicted molar refractivity (Wildman–Crippen MR) is 117 cm³/mol. The van der Waals surface area contributed by atoms with Gasteiger partial charge in [0.15, 0.2) is 5.96 Å². The molecule has 0 unspecified atom stereocenters. The van der Waals surface area contributed by atoms with Crippen LogP contribution in [0, 0.1) is 5.82 Å². The van der Waals surface area contributed by atoms with E-state index in [1.165, 1.54) is 19.2 Å². The Morgan fingerprint density at radius 2 is 1.90 bits per heavy atom. The minimum absolute atomic E-state index is 0.225. The highest BCUT2D eigenvalue weighted by molar-refractivity contribution is 7.99. The molecule has 2 aromatic rings. The standard InChI is InChI=1S/C20H27FN4O2S2/c1-3-23-20(24-12-5-13-28-18-10-8-17(21)9-11-18)25-15-16-6-4-7-19(14-16)29(26,27)22-2/h4,6-11,14,22H,3,5,12-13,15H2,1-2H3,(H2,23,24,25). The van der Waals surface area contributed by atoms with Crippen molar-refractivity contribution in [1.82, 2.24) is 15.4 Å². The van der Waals surface area contributed by atoms with Crippen LogP contribution in [0.3, 0.4) is 0 Å². The Morgan fingerprint density at radius 3 is 2.59 bits per heavy atom. The Labute approximate surface area is 176 Å². The van der Waals surface area contributed by atoms with Crippen LogP contribution in [0.5, 0.6) is 0 Å². The lowest BCUT2D eigenvalue weighted by molar-refractivity contribution is 0.588. The van der Waals surface area contributed by atoms with E-state index in [2.05, 4.69) is 20.3 Å². The molecule has 6 nitrogen and oxygen atoms in total. The van der Waals surface area contributed by atoms with E-state index in [-0.39, 0.29) is 10.7 Å². The predicted octanol–water partition coefficient (Wildman–Crippen LogP) is 2.97. The Kier molecular flexibility index (Phi) is 9.43. The molecule has 0 aliphatic carbocycles. The van der Waals surface area contributed by atoms with Gasteiger partial charge in [-0.3, -0.25) is 0 Å². The van der Waals surface area contributed by atoms with Crippen molar-refractivity contribution in [2.24, 2.45) is 4.99 Å². The monoisotopic (exact) mass is 438 g/mol. The summed E-state index contributed by atoms with van der Waals surface area (Å²) in [6.45, 7) is 3.83. The molecule has 0 saturated carbocycles. The minimum atomic E-state index is -3.47. The summed E-state index contributed by atoms with van der Waals surface area (Å²) in [6.07, 6.45) is 0.919. The van der Waals surface area contributed by atoms with Gasteiger partial charge in [0.25, 0.3) is 0 Å². The third-order valence-electron chi connectivity index (χ3n) is 3.94. The zero-order chi connectivity index (χ0) is 21.1. The molecule has 0 saturated heterocycles. The van der Waals surface area contributed by atoms with Crippen molar-refractivity contribution in [1.29, 1.82) is 0 Å². The van der Waals surface area contributed by atoms with Gasteiger partial charge in [-0.25, -0.2) is 22.5 Å². The number of nitrogens with zero attached hydrogens (tertiary/aromatic N) is 1. The maximum Gasteiger partial charge on any atom is 0.240 e. The Morgan fingerprint density at radius 1 is 1.14 bits per heavy atom. The first-order chi connectivity index (χ1) is 13.9. The third-order valence-corrected chi connectivity index (χ3v) is 6.45. The van der Waals surface area contributed by atoms with Crippen molar-refractivity contribution in [2.45, 2.75) is 29.7 Å². The molecule has 0 amide bonds. The van der Waals surface area contributed by atoms with Gasteiger partial charge in [-0.05, 0) is 68.1 Å². The number of nitrogens with one attached hydrogen (secondary N) is 3. The maximum atomic E-state index is 12.9. The topological polar surface area (TPSA) is 82.6 Å². The van der Waals surface area contributed by atoms with E-state index in [4.69, 9.17) is 0 Å². The molecule has 0 radical (unpaired) electrons. The Bertz CT molecular complexity index is 903. The fourth-order valence-electron chi connectivity index (χ4n) is 2.44. The molecule has 0 aliphatic heterocycles. The van der Waals surface area contributed by atoms with Gasteiger partial charge in [-0.15, -0.1) is 11.8 Å². The van der Waals surface area contributed by atoms with Gasteiger partial charge in [0, 0.05) is 18.0 Å². The van der Waals surface area contributed by atoms with Crippen LogP contribution in [0.4, 0.5) is 4.39 Å². The summed E-state index contributed by atoms with van der Waals surface area (Å²) < 4.78 is 39.1. The van der Waals surface area contributed by atoms with E-state index in [0.717, 1.165) is 35.7 Å². The number of aliphatic imine (C=N–C) groups is 1. The van der Waals surface area contributed by atoms with Crippen LogP contribution < -0.4 is 15.4 Å². The lowest BCUT2D eigenvalue weighted by Crippen LogP contribution is -2.37. The molecule has 0 aliphatic rings. The van der Waals surface area contributed by atoms with Crippen LogP contribution in [-0.2, 0) is 16.6 Å². The first-order valence-electron chi connectivity index (χ1n) is 9.37. The highest BCUT2D eigenvalue weighted by Gasteiger charge is 2.11. The summed E-state index contributed by atoms with van der Waals surface area (Å²) in [7, 11) is -2.08. The molecule has 9 heteroatoms. The molecular weight excluding hydrogens is 411 g/mol. The fourth-order valence-corrected chi connectivity index (χ4v) is 4.09. The number of rotatable bonds is 10. The quantitative estimate of drug-likeness (QED) is 0.230. The SMILES string of the molecule is CCNC(=NCc1cccc(S(=O)(=O)NC)c1)NCCCSc1ccc(F)cc1. The van der Waals surface area contributed by atoms with Crippen molar-refractivity contribution >= 4 is 27.7 Å². The number of halogens is 1. The van der Waals surface area contributed by atoms with Crippen molar-refractivity contribution in [2.75, 3.05) is 25.9 Å². The number of thioether (sulfide) groups is 1. The first kappa shape index (κ1) is 23.2. The van der Waals surface area contributed by atoms with E-state index in [0.29, 0.717) is 12.5 Å². The van der Waals surface area contributed by atoms with Crippen LogP contribution in [0.15, 0.2) is 63.3 Å². The Balaban J connectivity index is 1.84. The second kappa shape index (κ2) is 11.8. The van der Waals surface area contributed by atoms with Crippen LogP contribution in [0.1, 0.15) is 18.9 Å². The first-order valence-corrected chi connectivity index (χ1v) is 11.8. The molecule has 2 aromatic carbocycles. The molecule has 0 bridgehead atoms. The Hall–Kier alpha value is -2.10. The van der Waals surface area contributed by atoms with Gasteiger partial charge in [0.2, 0.25) is 10.0 Å². The zero-order valence-corrected chi connectivity index (χ0v) is 18.2. The zero-order valence-electron chi connectivity index (χ0n) is 16.6. The molecule has 0 atom stereocenters. The smallest absolute Gasteiger partial charge is 0.240 e. The second-order valence-electron chi connectivity index (χ2n) is 6.13. The van der Waals surface area contributed by atoms with E-state index >= 15 is 0 Å². The van der Waals surface area contributed by atoms with Gasteiger partial charge in [-0.1, -0.05) is 12.1 Å². The highest BCUT2D eigenvalue weighted by atomic mass is 32.2. The molecule has 0 spiro atoms. The average molecular weight is 439 g/mol. The summed E-state index contributed by atoms with van der Waals surface area (Å²) in [5.74, 6) is 1.36. The lowest BCUT2D eigenvalue weighted by atomic mass is 10.2. The fraction of sp³-hybridized carbons (Fsp3) is 0.350. The van der Waals surface area contributed by atoms with E-state index < -0.39 is 10.0 Å². The van der Waals surface area contributed by atoms with Gasteiger partial charge < -0.3 is 10.6 Å². The van der Waals surface area contributed by atoms with Gasteiger partial charge in [-0.2, -0.15) is 0 Å². The highest BCUT2D eigenvalue weighted by Crippen LogP contribution is 2.18. The molecular formula is C20H27FN4O2S2. The number of guanidine groups is 1. The molecule has 2 rings (SSSR count). The molecule has 0 aromatic heterocycles. The van der Waals surface area contributed by atoms with Gasteiger partial charge in [0.1, 0.15) is 5.82 Å². The summed E-state index contributed by atoms with van der Waals surface area (Å²) in [5, 5.41) is 6.46. The number of hydrogen-bond donors (Lipinski definition) is 3. The van der Waals surface area contributed by atoms with Crippen molar-refractivity contribution in [3.63, 3.8) is 0 Å². The summed E-state index contributed by atoms with van der Waals surface area (Å²) >= 11 is 1.68. The third kappa shape index (κ3) is 8.04. The summed E-state index contributed by atoms with van der Waals surface area (Å²) in [5.41, 5.74) is 0.811. The van der Waals surface area contributed by atoms with Crippen molar-refractivity contribution in [3.05, 3.63) is 59.9 Å². The van der Waals surface area contributed by atoms with E-state index in [1.807, 2.05) is 13.0 Å². The second-order valence-corrected chi connectivity index (χ2v) is 9.19. The number of sulfonamides is 1. The van der Waals surface area contributed by atoms with E-state index in [9.17, 15) is 12.8 Å². The number of benzene rings is 2. The molecule has 3 N–H and O–H groups in total. The molecule has 0 heterocycles. The summed E-state index contributed by atoms with van der Waals surface area (Å²) in [4.78, 5) is 5.80. The number of hydrogen-bond acceptors (Lipinski definition) is 4. The summed E-state index contributed by atoms with van der Waals surface area (Å²) in [6, 6.07) is 13.2. The van der Waals surface area contributed by atoms with Crippen molar-refractivity contribution < 1.29 is 12.8 Å². The molecule has 0 fully saturated rings. The van der Waals surface area contributed by atoms with Crippen LogP contribution in [0.2, 0.25) is 0 Å². The maximum absolute atomic E-state index is 12.9. The van der Waals surface area contributed by atoms with Gasteiger partial charge >= 0.3 is 0 Å².